The second kappa shape index (κ2) is 10.6. The first kappa shape index (κ1) is 28.7. The maximum atomic E-state index is 14.0. The van der Waals surface area contributed by atoms with Gasteiger partial charge >= 0.3 is 0 Å². The average Bonchev–Trinajstić information content (AvgIpc) is 3.72. The van der Waals surface area contributed by atoms with Crippen molar-refractivity contribution in [2.75, 3.05) is 26.7 Å². The van der Waals surface area contributed by atoms with Crippen LogP contribution in [-0.4, -0.2) is 68.5 Å². The number of likely N-dealkylation sites (tertiary alicyclic amines) is 2. The summed E-state index contributed by atoms with van der Waals surface area (Å²) in [6.07, 6.45) is 4.93. The first-order chi connectivity index (χ1) is 23.4. The number of benzene rings is 3. The van der Waals surface area contributed by atoms with Gasteiger partial charge in [-0.15, -0.1) is 0 Å². The minimum atomic E-state index is 0.0251. The third-order valence-electron chi connectivity index (χ3n) is 12.0. The molecule has 0 N–H and O–H groups in total. The lowest BCUT2D eigenvalue weighted by Gasteiger charge is -2.52. The van der Waals surface area contributed by atoms with E-state index < -0.39 is 0 Å². The standard InChI is InChI=1S/C39H38ClN5O3/c1-48-34-16-27(39(47)44-21-28-12-26-15-32(44)35(26)28)13-30-36(34)45(20-23-17-42(18-23)38(46)24-8-10-29(40)11-9-24)37(41-30)33-14-25-4-2-3-5-31(25)43(33)19-22-6-7-22/h2-5,8-11,13-14,16,22-23,26,28,32,35H,6-7,12,15,17-21H2,1H3/t26?,28?,32?,35-/m1/s1. The van der Waals surface area contributed by atoms with Crippen LogP contribution in [-0.2, 0) is 13.1 Å². The first-order valence-corrected chi connectivity index (χ1v) is 17.8. The van der Waals surface area contributed by atoms with Gasteiger partial charge in [-0.2, -0.15) is 0 Å². The summed E-state index contributed by atoms with van der Waals surface area (Å²) in [5.74, 6) is 4.82. The Bertz CT molecular complexity index is 2120. The molecule has 5 fully saturated rings. The van der Waals surface area contributed by atoms with E-state index in [2.05, 4.69) is 44.4 Å². The molecule has 0 bridgehead atoms. The number of nitrogens with zero attached hydrogens (tertiary/aromatic N) is 5. The topological polar surface area (TPSA) is 72.6 Å². The van der Waals surface area contributed by atoms with E-state index >= 15 is 0 Å². The quantitative estimate of drug-likeness (QED) is 0.180. The van der Waals surface area contributed by atoms with Gasteiger partial charge in [0.25, 0.3) is 11.8 Å². The number of rotatable bonds is 8. The molecule has 48 heavy (non-hydrogen) atoms. The summed E-state index contributed by atoms with van der Waals surface area (Å²) in [4.78, 5) is 36.6. The summed E-state index contributed by atoms with van der Waals surface area (Å²) in [6, 6.07) is 22.3. The summed E-state index contributed by atoms with van der Waals surface area (Å²) in [5.41, 5.74) is 5.28. The van der Waals surface area contributed by atoms with Crippen molar-refractivity contribution < 1.29 is 14.3 Å². The van der Waals surface area contributed by atoms with Crippen LogP contribution in [0.5, 0.6) is 5.75 Å². The molecule has 3 aromatic carbocycles. The highest BCUT2D eigenvalue weighted by Crippen LogP contribution is 2.60. The second-order valence-electron chi connectivity index (χ2n) is 14.9. The normalized spacial score (nSPS) is 24.4. The zero-order chi connectivity index (χ0) is 32.3. The highest BCUT2D eigenvalue weighted by molar-refractivity contribution is 6.30. The number of halogens is 1. The molecule has 10 rings (SSSR count). The number of hydrogen-bond donors (Lipinski definition) is 0. The fraction of sp³-hybridized carbons (Fsp3) is 0.410. The Kier molecular flexibility index (Phi) is 6.33. The Morgan fingerprint density at radius 3 is 2.40 bits per heavy atom. The van der Waals surface area contributed by atoms with Crippen LogP contribution >= 0.6 is 11.6 Å². The molecule has 4 heterocycles. The number of hydrogen-bond acceptors (Lipinski definition) is 4. The van der Waals surface area contributed by atoms with Crippen LogP contribution in [0, 0.1) is 29.6 Å². The predicted octanol–water partition coefficient (Wildman–Crippen LogP) is 6.98. The molecule has 2 amide bonds. The first-order valence-electron chi connectivity index (χ1n) is 17.5. The second-order valence-corrected chi connectivity index (χ2v) is 15.3. The van der Waals surface area contributed by atoms with E-state index in [1.54, 1.807) is 31.4 Å². The molecule has 9 heteroatoms. The lowest BCUT2D eigenvalue weighted by Crippen LogP contribution is -2.53. The fourth-order valence-electron chi connectivity index (χ4n) is 9.28. The van der Waals surface area contributed by atoms with Gasteiger partial charge in [0.2, 0.25) is 0 Å². The largest absolute Gasteiger partial charge is 0.494 e. The van der Waals surface area contributed by atoms with Crippen LogP contribution < -0.4 is 4.74 Å². The fourth-order valence-corrected chi connectivity index (χ4v) is 9.41. The molecular formula is C39H38ClN5O3. The monoisotopic (exact) mass is 659 g/mol. The van der Waals surface area contributed by atoms with Crippen LogP contribution in [0.1, 0.15) is 46.4 Å². The zero-order valence-corrected chi connectivity index (χ0v) is 27.8. The SMILES string of the molecule is COc1cc(C(=O)N2CC3CC4CC2[C@H]43)cc2nc(-c3cc4ccccc4n3CC3CC3)n(CC3CN(C(=O)c4ccc(Cl)cc4)C3)c12. The Balaban J connectivity index is 1.04. The molecular weight excluding hydrogens is 622 g/mol. The van der Waals surface area contributed by atoms with Gasteiger partial charge in [0.15, 0.2) is 5.82 Å². The van der Waals surface area contributed by atoms with E-state index in [1.165, 1.54) is 30.2 Å². The molecule has 0 spiro atoms. The number of fused-ring (bicyclic) bond motifs is 2. The summed E-state index contributed by atoms with van der Waals surface area (Å²) in [5, 5.41) is 1.81. The Labute approximate surface area is 284 Å². The Morgan fingerprint density at radius 2 is 1.65 bits per heavy atom. The number of para-hydroxylation sites is 1. The molecule has 5 aromatic rings. The smallest absolute Gasteiger partial charge is 0.254 e. The van der Waals surface area contributed by atoms with Gasteiger partial charge < -0.3 is 23.7 Å². The molecule has 3 saturated carbocycles. The van der Waals surface area contributed by atoms with Crippen LogP contribution in [0.2, 0.25) is 5.02 Å². The molecule has 2 aliphatic heterocycles. The molecule has 4 atom stereocenters. The van der Waals surface area contributed by atoms with Crippen LogP contribution in [0.4, 0.5) is 0 Å². The molecule has 3 aliphatic carbocycles. The number of carbonyl (C=O) groups excluding carboxylic acids is 2. The molecule has 0 radical (unpaired) electrons. The Hall–Kier alpha value is -4.30. The molecule has 244 valence electrons. The van der Waals surface area contributed by atoms with Gasteiger partial charge in [-0.05, 0) is 97.9 Å². The zero-order valence-electron chi connectivity index (χ0n) is 27.0. The van der Waals surface area contributed by atoms with Gasteiger partial charge in [-0.1, -0.05) is 29.8 Å². The lowest BCUT2D eigenvalue weighted by molar-refractivity contribution is -0.0204. The number of ether oxygens (including phenoxy) is 1. The summed E-state index contributed by atoms with van der Waals surface area (Å²) in [6.45, 7) is 3.83. The maximum absolute atomic E-state index is 14.0. The van der Waals surface area contributed by atoms with Crippen molar-refractivity contribution in [3.63, 3.8) is 0 Å². The minimum absolute atomic E-state index is 0.0251. The number of amides is 2. The van der Waals surface area contributed by atoms with Gasteiger partial charge in [0.1, 0.15) is 11.3 Å². The van der Waals surface area contributed by atoms with E-state index in [1.807, 2.05) is 17.0 Å². The van der Waals surface area contributed by atoms with E-state index in [0.29, 0.717) is 65.3 Å². The molecule has 2 saturated heterocycles. The Morgan fingerprint density at radius 1 is 0.854 bits per heavy atom. The van der Waals surface area contributed by atoms with Gasteiger partial charge in [-0.25, -0.2) is 4.98 Å². The van der Waals surface area contributed by atoms with Crippen molar-refractivity contribution in [3.05, 3.63) is 82.9 Å². The molecule has 8 nitrogen and oxygen atoms in total. The third kappa shape index (κ3) is 4.37. The van der Waals surface area contributed by atoms with Gasteiger partial charge in [0.05, 0.1) is 18.3 Å². The highest BCUT2D eigenvalue weighted by Gasteiger charge is 2.61. The van der Waals surface area contributed by atoms with Crippen molar-refractivity contribution in [2.24, 2.45) is 29.6 Å². The number of carbonyl (C=O) groups is 2. The van der Waals surface area contributed by atoms with E-state index in [4.69, 9.17) is 21.3 Å². The highest BCUT2D eigenvalue weighted by atomic mass is 35.5. The van der Waals surface area contributed by atoms with Crippen molar-refractivity contribution in [1.82, 2.24) is 23.9 Å². The molecule has 2 aromatic heterocycles. The lowest BCUT2D eigenvalue weighted by atomic mass is 9.53. The van der Waals surface area contributed by atoms with E-state index in [-0.39, 0.29) is 17.7 Å². The predicted molar refractivity (Wildman–Crippen MR) is 185 cm³/mol. The van der Waals surface area contributed by atoms with Crippen LogP contribution in [0.15, 0.2) is 66.7 Å². The van der Waals surface area contributed by atoms with Crippen LogP contribution in [0.25, 0.3) is 33.5 Å². The third-order valence-corrected chi connectivity index (χ3v) is 12.3. The van der Waals surface area contributed by atoms with Gasteiger partial charge in [0, 0.05) is 71.7 Å². The van der Waals surface area contributed by atoms with Crippen molar-refractivity contribution in [2.45, 2.75) is 44.8 Å². The van der Waals surface area contributed by atoms with Crippen LogP contribution in [0.3, 0.4) is 0 Å². The maximum Gasteiger partial charge on any atom is 0.254 e. The number of imidazole rings is 1. The van der Waals surface area contributed by atoms with E-state index in [9.17, 15) is 9.59 Å². The summed E-state index contributed by atoms with van der Waals surface area (Å²) < 4.78 is 10.8. The summed E-state index contributed by atoms with van der Waals surface area (Å²) in [7, 11) is 1.69. The summed E-state index contributed by atoms with van der Waals surface area (Å²) >= 11 is 6.07. The van der Waals surface area contributed by atoms with Gasteiger partial charge in [-0.3, -0.25) is 9.59 Å². The van der Waals surface area contributed by atoms with Crippen molar-refractivity contribution in [3.8, 4) is 17.3 Å². The van der Waals surface area contributed by atoms with Crippen molar-refractivity contribution in [1.29, 1.82) is 0 Å². The number of methoxy groups -OCH3 is 1. The molecule has 3 unspecified atom stereocenters. The average molecular weight is 660 g/mol. The van der Waals surface area contributed by atoms with Crippen molar-refractivity contribution >= 4 is 45.4 Å². The molecule has 5 aliphatic rings. The minimum Gasteiger partial charge on any atom is -0.494 e. The number of aromatic nitrogens is 3. The van der Waals surface area contributed by atoms with E-state index in [0.717, 1.165) is 48.0 Å².